The Morgan fingerprint density at radius 3 is 2.29 bits per heavy atom. The third-order valence-corrected chi connectivity index (χ3v) is 3.35. The first-order chi connectivity index (χ1) is 8.31. The van der Waals surface area contributed by atoms with Gasteiger partial charge in [0.2, 0.25) is 0 Å². The van der Waals surface area contributed by atoms with E-state index >= 15 is 0 Å². The van der Waals surface area contributed by atoms with Gasteiger partial charge in [-0.3, -0.25) is 0 Å². The Hall–Kier alpha value is -0.960. The van der Waals surface area contributed by atoms with Crippen molar-refractivity contribution in [2.45, 2.75) is 52.5 Å². The molecule has 1 aromatic rings. The third kappa shape index (κ3) is 4.82. The molecule has 1 N–H and O–H groups in total. The van der Waals surface area contributed by atoms with Crippen molar-refractivity contribution < 1.29 is 0 Å². The van der Waals surface area contributed by atoms with Crippen molar-refractivity contribution >= 4 is 0 Å². The summed E-state index contributed by atoms with van der Waals surface area (Å²) in [5.74, 6) is 0.782. The predicted molar refractivity (Wildman–Crippen MR) is 71.8 cm³/mol. The summed E-state index contributed by atoms with van der Waals surface area (Å²) in [7, 11) is 0. The van der Waals surface area contributed by atoms with Crippen molar-refractivity contribution in [3.63, 3.8) is 0 Å². The van der Waals surface area contributed by atoms with Gasteiger partial charge in [-0.1, -0.05) is 33.6 Å². The summed E-state index contributed by atoms with van der Waals surface area (Å²) in [6.45, 7) is 7.79. The summed E-state index contributed by atoms with van der Waals surface area (Å²) in [4.78, 5) is 8.24. The van der Waals surface area contributed by atoms with Crippen molar-refractivity contribution in [3.05, 3.63) is 24.3 Å². The minimum atomic E-state index is 0.404. The number of hydrogen-bond donors (Lipinski definition) is 1. The zero-order chi connectivity index (χ0) is 12.5. The maximum atomic E-state index is 4.12. The fourth-order valence-corrected chi connectivity index (χ4v) is 2.10. The Morgan fingerprint density at radius 1 is 1.12 bits per heavy atom. The summed E-state index contributed by atoms with van der Waals surface area (Å²) in [6, 6.07) is 0.404. The van der Waals surface area contributed by atoms with E-state index in [0.717, 1.165) is 18.9 Å². The van der Waals surface area contributed by atoms with Crippen LogP contribution in [0, 0.1) is 5.92 Å². The average molecular weight is 235 g/mol. The van der Waals surface area contributed by atoms with Gasteiger partial charge in [-0.05, 0) is 25.3 Å². The minimum Gasteiger partial charge on any atom is -0.310 e. The van der Waals surface area contributed by atoms with Crippen LogP contribution in [0.3, 0.4) is 0 Å². The van der Waals surface area contributed by atoms with E-state index in [0.29, 0.717) is 6.04 Å². The van der Waals surface area contributed by atoms with Crippen molar-refractivity contribution in [2.24, 2.45) is 5.92 Å². The van der Waals surface area contributed by atoms with Gasteiger partial charge in [-0.25, -0.2) is 9.97 Å². The molecule has 3 heteroatoms. The molecule has 17 heavy (non-hydrogen) atoms. The Kier molecular flexibility index (Phi) is 6.78. The molecule has 0 fully saturated rings. The predicted octanol–water partition coefficient (Wildman–Crippen LogP) is 3.34. The zero-order valence-electron chi connectivity index (χ0n) is 11.3. The number of aromatic nitrogens is 2. The lowest BCUT2D eigenvalue weighted by molar-refractivity contribution is 0.370. The van der Waals surface area contributed by atoms with E-state index in [4.69, 9.17) is 0 Å². The summed E-state index contributed by atoms with van der Waals surface area (Å²) in [5, 5.41) is 3.60. The smallest absolute Gasteiger partial charge is 0.115 e. The summed E-state index contributed by atoms with van der Waals surface area (Å²) in [5.41, 5.74) is 1.22. The van der Waals surface area contributed by atoms with E-state index < -0.39 is 0 Å². The highest BCUT2D eigenvalue weighted by Gasteiger charge is 2.15. The van der Waals surface area contributed by atoms with Crippen molar-refractivity contribution in [2.75, 3.05) is 6.54 Å². The van der Waals surface area contributed by atoms with Crippen LogP contribution in [0.5, 0.6) is 0 Å². The van der Waals surface area contributed by atoms with Gasteiger partial charge in [0, 0.05) is 24.0 Å². The van der Waals surface area contributed by atoms with E-state index in [1.807, 2.05) is 12.4 Å². The average Bonchev–Trinajstić information content (AvgIpc) is 2.40. The first-order valence-corrected chi connectivity index (χ1v) is 6.80. The summed E-state index contributed by atoms with van der Waals surface area (Å²) in [6.07, 6.45) is 10.3. The van der Waals surface area contributed by atoms with E-state index in [1.165, 1.54) is 24.8 Å². The van der Waals surface area contributed by atoms with Gasteiger partial charge in [0.05, 0.1) is 0 Å². The monoisotopic (exact) mass is 235 g/mol. The first-order valence-electron chi connectivity index (χ1n) is 6.80. The summed E-state index contributed by atoms with van der Waals surface area (Å²) < 4.78 is 0. The molecule has 0 saturated heterocycles. The molecule has 0 bridgehead atoms. The number of hydrogen-bond acceptors (Lipinski definition) is 3. The zero-order valence-corrected chi connectivity index (χ0v) is 11.3. The SMILES string of the molecule is CCCNC(CC(CC)CC)c1cncnc1. The Labute approximate surface area is 105 Å². The van der Waals surface area contributed by atoms with Gasteiger partial charge in [0.15, 0.2) is 0 Å². The second-order valence-electron chi connectivity index (χ2n) is 4.60. The fraction of sp³-hybridized carbons (Fsp3) is 0.714. The topological polar surface area (TPSA) is 37.8 Å². The van der Waals surface area contributed by atoms with Crippen LogP contribution < -0.4 is 5.32 Å². The van der Waals surface area contributed by atoms with E-state index in [1.54, 1.807) is 6.33 Å². The maximum Gasteiger partial charge on any atom is 0.115 e. The van der Waals surface area contributed by atoms with Gasteiger partial charge >= 0.3 is 0 Å². The van der Waals surface area contributed by atoms with Gasteiger partial charge in [0.1, 0.15) is 6.33 Å². The molecule has 96 valence electrons. The molecule has 0 radical (unpaired) electrons. The van der Waals surface area contributed by atoms with Gasteiger partial charge < -0.3 is 5.32 Å². The van der Waals surface area contributed by atoms with Crippen LogP contribution in [0.2, 0.25) is 0 Å². The molecule has 0 aliphatic heterocycles. The van der Waals surface area contributed by atoms with Gasteiger partial charge in [0.25, 0.3) is 0 Å². The van der Waals surface area contributed by atoms with Crippen LogP contribution in [0.15, 0.2) is 18.7 Å². The Morgan fingerprint density at radius 2 is 1.76 bits per heavy atom. The molecule has 0 spiro atoms. The normalized spacial score (nSPS) is 12.9. The van der Waals surface area contributed by atoms with Crippen molar-refractivity contribution in [3.8, 4) is 0 Å². The van der Waals surface area contributed by atoms with Gasteiger partial charge in [-0.15, -0.1) is 0 Å². The molecule has 0 amide bonds. The molecule has 1 unspecified atom stereocenters. The highest BCUT2D eigenvalue weighted by Crippen LogP contribution is 2.24. The first kappa shape index (κ1) is 14.1. The molecule has 0 aliphatic carbocycles. The van der Waals surface area contributed by atoms with E-state index in [9.17, 15) is 0 Å². The maximum absolute atomic E-state index is 4.12. The second kappa shape index (κ2) is 8.18. The molecular weight excluding hydrogens is 210 g/mol. The van der Waals surface area contributed by atoms with Crippen LogP contribution in [0.25, 0.3) is 0 Å². The van der Waals surface area contributed by atoms with Gasteiger partial charge in [-0.2, -0.15) is 0 Å². The third-order valence-electron chi connectivity index (χ3n) is 3.35. The largest absolute Gasteiger partial charge is 0.310 e. The van der Waals surface area contributed by atoms with Crippen molar-refractivity contribution in [1.29, 1.82) is 0 Å². The lowest BCUT2D eigenvalue weighted by Gasteiger charge is -2.23. The Bertz CT molecular complexity index is 283. The quantitative estimate of drug-likeness (QED) is 0.751. The highest BCUT2D eigenvalue weighted by atomic mass is 14.9. The molecule has 1 rings (SSSR count). The molecule has 1 aromatic heterocycles. The second-order valence-corrected chi connectivity index (χ2v) is 4.60. The standard InChI is InChI=1S/C14H25N3/c1-4-7-17-14(8-12(5-2)6-3)13-9-15-11-16-10-13/h9-12,14,17H,4-8H2,1-3H3. The number of nitrogens with zero attached hydrogens (tertiary/aromatic N) is 2. The molecule has 1 atom stereocenters. The molecule has 3 nitrogen and oxygen atoms in total. The van der Waals surface area contributed by atoms with Crippen LogP contribution >= 0.6 is 0 Å². The molecule has 1 heterocycles. The van der Waals surface area contributed by atoms with Crippen LogP contribution in [-0.2, 0) is 0 Å². The Balaban J connectivity index is 2.66. The number of rotatable bonds is 8. The number of nitrogens with one attached hydrogen (secondary N) is 1. The van der Waals surface area contributed by atoms with Crippen LogP contribution in [0.1, 0.15) is 58.1 Å². The highest BCUT2D eigenvalue weighted by molar-refractivity contribution is 5.09. The lowest BCUT2D eigenvalue weighted by Crippen LogP contribution is -2.24. The van der Waals surface area contributed by atoms with Crippen LogP contribution in [0.4, 0.5) is 0 Å². The minimum absolute atomic E-state index is 0.404. The molecule has 0 aromatic carbocycles. The molecule has 0 saturated carbocycles. The molecule has 0 aliphatic rings. The fourth-order valence-electron chi connectivity index (χ4n) is 2.10. The van der Waals surface area contributed by atoms with E-state index in [2.05, 4.69) is 36.1 Å². The van der Waals surface area contributed by atoms with Crippen molar-refractivity contribution in [1.82, 2.24) is 15.3 Å². The molecular formula is C14H25N3. The lowest BCUT2D eigenvalue weighted by atomic mass is 9.92. The van der Waals surface area contributed by atoms with E-state index in [-0.39, 0.29) is 0 Å². The summed E-state index contributed by atoms with van der Waals surface area (Å²) >= 11 is 0. The van der Waals surface area contributed by atoms with Crippen LogP contribution in [-0.4, -0.2) is 16.5 Å².